The number of carbonyl (C=O) groups excluding carboxylic acids is 1. The zero-order valence-corrected chi connectivity index (χ0v) is 19.2. The number of likely N-dealkylation sites (tertiary alicyclic amines) is 1. The molecule has 1 unspecified atom stereocenters. The first-order valence-corrected chi connectivity index (χ1v) is 12.0. The summed E-state index contributed by atoms with van der Waals surface area (Å²) in [6.07, 6.45) is 7.99. The molecule has 172 valence electrons. The van der Waals surface area contributed by atoms with E-state index in [4.69, 9.17) is 4.42 Å². The van der Waals surface area contributed by atoms with Crippen LogP contribution in [0.25, 0.3) is 0 Å². The van der Waals surface area contributed by atoms with Crippen molar-refractivity contribution in [3.05, 3.63) is 71.2 Å². The van der Waals surface area contributed by atoms with Crippen molar-refractivity contribution in [1.29, 1.82) is 0 Å². The summed E-state index contributed by atoms with van der Waals surface area (Å²) >= 11 is 0. The maximum Gasteiger partial charge on any atom is 0.272 e. The van der Waals surface area contributed by atoms with Crippen LogP contribution in [0.4, 0.5) is 5.95 Å². The van der Waals surface area contributed by atoms with Crippen LogP contribution in [-0.2, 0) is 6.42 Å². The molecule has 33 heavy (non-hydrogen) atoms. The second-order valence-corrected chi connectivity index (χ2v) is 9.16. The number of hydrogen-bond acceptors (Lipinski definition) is 6. The second kappa shape index (κ2) is 9.73. The van der Waals surface area contributed by atoms with E-state index >= 15 is 0 Å². The zero-order valence-electron chi connectivity index (χ0n) is 19.2. The molecule has 7 heteroatoms. The average Bonchev–Trinajstić information content (AvgIpc) is 3.33. The normalized spacial score (nSPS) is 19.0. The number of rotatable bonds is 5. The molecule has 3 aromatic rings. The number of piperidine rings is 2. The third kappa shape index (κ3) is 5.07. The second-order valence-electron chi connectivity index (χ2n) is 9.16. The monoisotopic (exact) mass is 445 g/mol. The first-order chi connectivity index (χ1) is 16.2. The van der Waals surface area contributed by atoms with E-state index in [0.717, 1.165) is 69.1 Å². The van der Waals surface area contributed by atoms with Crippen LogP contribution < -0.4 is 4.90 Å². The number of aromatic nitrogens is 3. The molecule has 0 radical (unpaired) electrons. The van der Waals surface area contributed by atoms with Gasteiger partial charge in [0.2, 0.25) is 5.95 Å². The van der Waals surface area contributed by atoms with E-state index in [1.54, 1.807) is 0 Å². The van der Waals surface area contributed by atoms with E-state index in [1.807, 2.05) is 42.3 Å². The molecule has 2 saturated heterocycles. The summed E-state index contributed by atoms with van der Waals surface area (Å²) in [4.78, 5) is 31.3. The number of aryl methyl sites for hydroxylation is 1. The van der Waals surface area contributed by atoms with Crippen LogP contribution in [-0.4, -0.2) is 51.9 Å². The van der Waals surface area contributed by atoms with Gasteiger partial charge in [0.05, 0.1) is 12.1 Å². The molecule has 1 atom stereocenters. The SMILES string of the molecule is Cc1cc(C(=O)N2CCCC(c3ncc(Cc4ccccc4)o3)C2)nc(N2CCCCC2)n1. The Morgan fingerprint density at radius 1 is 1.06 bits per heavy atom. The van der Waals surface area contributed by atoms with Crippen molar-refractivity contribution in [2.45, 2.75) is 51.4 Å². The fraction of sp³-hybridized carbons (Fsp3) is 0.462. The standard InChI is InChI=1S/C26H31N5O2/c1-19-15-23(29-26(28-19)30-12-6-3-7-13-30)25(32)31-14-8-11-21(18-31)24-27-17-22(33-24)16-20-9-4-2-5-10-20/h2,4-5,9-10,15,17,21H,3,6-8,11-14,16,18H2,1H3. The maximum absolute atomic E-state index is 13.4. The quantitative estimate of drug-likeness (QED) is 0.580. The lowest BCUT2D eigenvalue weighted by Gasteiger charge is -2.31. The molecule has 1 aromatic carbocycles. The number of anilines is 1. The number of amides is 1. The van der Waals surface area contributed by atoms with Crippen LogP contribution in [0.2, 0.25) is 0 Å². The highest BCUT2D eigenvalue weighted by molar-refractivity contribution is 5.92. The van der Waals surface area contributed by atoms with Crippen molar-refractivity contribution in [3.63, 3.8) is 0 Å². The van der Waals surface area contributed by atoms with Crippen molar-refractivity contribution >= 4 is 11.9 Å². The third-order valence-electron chi connectivity index (χ3n) is 6.55. The average molecular weight is 446 g/mol. The van der Waals surface area contributed by atoms with E-state index in [2.05, 4.69) is 32.0 Å². The van der Waals surface area contributed by atoms with Crippen molar-refractivity contribution in [2.24, 2.45) is 0 Å². The Labute approximate surface area is 194 Å². The molecular formula is C26H31N5O2. The Balaban J connectivity index is 1.28. The van der Waals surface area contributed by atoms with Crippen LogP contribution >= 0.6 is 0 Å². The smallest absolute Gasteiger partial charge is 0.272 e. The van der Waals surface area contributed by atoms with Gasteiger partial charge in [-0.15, -0.1) is 0 Å². The van der Waals surface area contributed by atoms with Crippen molar-refractivity contribution in [2.75, 3.05) is 31.1 Å². The van der Waals surface area contributed by atoms with Crippen LogP contribution in [0.1, 0.15) is 71.4 Å². The minimum absolute atomic E-state index is 0.0282. The van der Waals surface area contributed by atoms with E-state index in [-0.39, 0.29) is 11.8 Å². The van der Waals surface area contributed by atoms with Crippen LogP contribution in [0.5, 0.6) is 0 Å². The summed E-state index contributed by atoms with van der Waals surface area (Å²) in [5.41, 5.74) is 2.52. The minimum Gasteiger partial charge on any atom is -0.445 e. The maximum atomic E-state index is 13.4. The summed E-state index contributed by atoms with van der Waals surface area (Å²) in [5, 5.41) is 0. The largest absolute Gasteiger partial charge is 0.445 e. The summed E-state index contributed by atoms with van der Waals surface area (Å²) in [5.74, 6) is 2.35. The first-order valence-electron chi connectivity index (χ1n) is 12.0. The van der Waals surface area contributed by atoms with E-state index in [1.165, 1.54) is 12.0 Å². The highest BCUT2D eigenvalue weighted by Gasteiger charge is 2.29. The summed E-state index contributed by atoms with van der Waals surface area (Å²) in [6.45, 7) is 5.18. The molecule has 0 bridgehead atoms. The Morgan fingerprint density at radius 3 is 2.70 bits per heavy atom. The first kappa shape index (κ1) is 21.6. The molecule has 0 spiro atoms. The van der Waals surface area contributed by atoms with E-state index < -0.39 is 0 Å². The molecule has 2 aliphatic rings. The lowest BCUT2D eigenvalue weighted by atomic mass is 9.97. The Hall–Kier alpha value is -3.22. The fourth-order valence-corrected chi connectivity index (χ4v) is 4.81. The lowest BCUT2D eigenvalue weighted by molar-refractivity contribution is 0.0691. The third-order valence-corrected chi connectivity index (χ3v) is 6.55. The lowest BCUT2D eigenvalue weighted by Crippen LogP contribution is -2.40. The predicted octanol–water partition coefficient (Wildman–Crippen LogP) is 4.37. The topological polar surface area (TPSA) is 75.4 Å². The van der Waals surface area contributed by atoms with Gasteiger partial charge in [-0.25, -0.2) is 15.0 Å². The highest BCUT2D eigenvalue weighted by atomic mass is 16.4. The summed E-state index contributed by atoms with van der Waals surface area (Å²) in [7, 11) is 0. The number of hydrogen-bond donors (Lipinski definition) is 0. The van der Waals surface area contributed by atoms with Gasteiger partial charge in [-0.2, -0.15) is 0 Å². The molecule has 2 fully saturated rings. The van der Waals surface area contributed by atoms with Crippen LogP contribution in [0, 0.1) is 6.92 Å². The van der Waals surface area contributed by atoms with Gasteiger partial charge in [0, 0.05) is 38.3 Å². The highest BCUT2D eigenvalue weighted by Crippen LogP contribution is 2.28. The Bertz CT molecular complexity index is 1090. The number of oxazole rings is 1. The number of carbonyl (C=O) groups is 1. The van der Waals surface area contributed by atoms with Gasteiger partial charge >= 0.3 is 0 Å². The van der Waals surface area contributed by atoms with Gasteiger partial charge in [-0.3, -0.25) is 4.79 Å². The van der Waals surface area contributed by atoms with Crippen molar-refractivity contribution in [1.82, 2.24) is 19.9 Å². The Kier molecular flexibility index (Phi) is 6.37. The van der Waals surface area contributed by atoms with Gasteiger partial charge in [0.1, 0.15) is 11.5 Å². The van der Waals surface area contributed by atoms with Gasteiger partial charge < -0.3 is 14.2 Å². The van der Waals surface area contributed by atoms with E-state index in [9.17, 15) is 4.79 Å². The van der Waals surface area contributed by atoms with Crippen LogP contribution in [0.15, 0.2) is 47.0 Å². The molecule has 0 aliphatic carbocycles. The molecule has 2 aliphatic heterocycles. The number of benzene rings is 1. The van der Waals surface area contributed by atoms with Crippen molar-refractivity contribution < 1.29 is 9.21 Å². The van der Waals surface area contributed by atoms with Gasteiger partial charge in [0.25, 0.3) is 5.91 Å². The molecule has 4 heterocycles. The molecule has 5 rings (SSSR count). The van der Waals surface area contributed by atoms with Gasteiger partial charge in [-0.05, 0) is 50.7 Å². The molecule has 0 N–H and O–H groups in total. The summed E-state index contributed by atoms with van der Waals surface area (Å²) < 4.78 is 6.10. The van der Waals surface area contributed by atoms with Gasteiger partial charge in [0.15, 0.2) is 5.89 Å². The molecule has 1 amide bonds. The summed E-state index contributed by atoms with van der Waals surface area (Å²) in [6, 6.07) is 12.1. The molecular weight excluding hydrogens is 414 g/mol. The predicted molar refractivity (Wildman–Crippen MR) is 126 cm³/mol. The minimum atomic E-state index is -0.0282. The Morgan fingerprint density at radius 2 is 1.88 bits per heavy atom. The van der Waals surface area contributed by atoms with Crippen LogP contribution in [0.3, 0.4) is 0 Å². The van der Waals surface area contributed by atoms with Crippen molar-refractivity contribution in [3.8, 4) is 0 Å². The zero-order chi connectivity index (χ0) is 22.6. The molecule has 7 nitrogen and oxygen atoms in total. The van der Waals surface area contributed by atoms with Gasteiger partial charge in [-0.1, -0.05) is 30.3 Å². The number of nitrogens with zero attached hydrogens (tertiary/aromatic N) is 5. The fourth-order valence-electron chi connectivity index (χ4n) is 4.81. The molecule has 2 aromatic heterocycles. The molecule has 0 saturated carbocycles. The van der Waals surface area contributed by atoms with E-state index in [0.29, 0.717) is 18.2 Å².